The number of quaternary nitrogens is 1. The van der Waals surface area contributed by atoms with Crippen molar-refractivity contribution in [2.45, 2.75) is 26.9 Å². The molecule has 0 unspecified atom stereocenters. The molecule has 0 saturated heterocycles. The Morgan fingerprint density at radius 2 is 1.57 bits per heavy atom. The summed E-state index contributed by atoms with van der Waals surface area (Å²) in [4.78, 5) is 28.0. The lowest BCUT2D eigenvalue weighted by Gasteiger charge is -2.19. The summed E-state index contributed by atoms with van der Waals surface area (Å²) in [7, 11) is 0. The normalized spacial score (nSPS) is 10.9. The van der Waals surface area contributed by atoms with E-state index in [1.165, 1.54) is 0 Å². The molecule has 0 aliphatic rings. The number of nitrogens with one attached hydrogen (secondary N) is 2. The average molecular weight is 410 g/mol. The molecule has 30 heavy (non-hydrogen) atoms. The van der Waals surface area contributed by atoms with Gasteiger partial charge in [-0.1, -0.05) is 6.07 Å². The van der Waals surface area contributed by atoms with Crippen LogP contribution in [0.15, 0.2) is 69.9 Å². The Morgan fingerprint density at radius 1 is 0.933 bits per heavy atom. The van der Waals surface area contributed by atoms with Crippen molar-refractivity contribution in [3.8, 4) is 0 Å². The van der Waals surface area contributed by atoms with Crippen molar-refractivity contribution in [2.75, 3.05) is 25.0 Å². The fraction of sp³-hybridized carbons (Fsp3) is 0.304. The molecule has 2 aromatic heterocycles. The number of nitrogens with zero attached hydrogens (tertiary/aromatic N) is 1. The number of amides is 2. The van der Waals surface area contributed by atoms with Crippen LogP contribution in [-0.4, -0.2) is 36.3 Å². The Bertz CT molecular complexity index is 895. The van der Waals surface area contributed by atoms with E-state index in [1.54, 1.807) is 41.7 Å². The Labute approximate surface area is 176 Å². The van der Waals surface area contributed by atoms with Gasteiger partial charge in [0.25, 0.3) is 11.8 Å². The summed E-state index contributed by atoms with van der Waals surface area (Å²) in [5.41, 5.74) is 1.17. The van der Waals surface area contributed by atoms with Gasteiger partial charge in [0, 0.05) is 24.3 Å². The minimum Gasteiger partial charge on any atom is -0.463 e. The number of hydrogen-bond donors (Lipinski definition) is 2. The predicted octanol–water partition coefficient (Wildman–Crippen LogP) is 2.58. The van der Waals surface area contributed by atoms with Crippen LogP contribution < -0.4 is 10.2 Å². The second-order valence-corrected chi connectivity index (χ2v) is 7.05. The molecule has 0 fully saturated rings. The minimum absolute atomic E-state index is 0.0426. The van der Waals surface area contributed by atoms with Gasteiger partial charge in [0.15, 0.2) is 18.1 Å². The topological polar surface area (TPSA) is 80.1 Å². The van der Waals surface area contributed by atoms with Gasteiger partial charge >= 0.3 is 0 Å². The van der Waals surface area contributed by atoms with Gasteiger partial charge in [0.05, 0.1) is 12.5 Å². The molecule has 2 N–H and O–H groups in total. The van der Waals surface area contributed by atoms with Crippen LogP contribution in [0.3, 0.4) is 0 Å². The minimum atomic E-state index is -0.143. The average Bonchev–Trinajstić information content (AvgIpc) is 3.43. The highest BCUT2D eigenvalue weighted by molar-refractivity contribution is 5.97. The highest BCUT2D eigenvalue weighted by Gasteiger charge is 2.19. The molecule has 7 heteroatoms. The van der Waals surface area contributed by atoms with E-state index in [4.69, 9.17) is 8.83 Å². The highest BCUT2D eigenvalue weighted by Crippen LogP contribution is 2.13. The maximum atomic E-state index is 12.7. The van der Waals surface area contributed by atoms with E-state index in [2.05, 4.69) is 5.32 Å². The van der Waals surface area contributed by atoms with E-state index in [9.17, 15) is 9.59 Å². The van der Waals surface area contributed by atoms with Crippen LogP contribution >= 0.6 is 0 Å². The monoisotopic (exact) mass is 410 g/mol. The van der Waals surface area contributed by atoms with Crippen LogP contribution in [0, 0.1) is 0 Å². The second kappa shape index (κ2) is 10.5. The third kappa shape index (κ3) is 5.84. The number of anilines is 1. The summed E-state index contributed by atoms with van der Waals surface area (Å²) >= 11 is 0. The molecule has 3 aromatic rings. The molecular weight excluding hydrogens is 382 g/mol. The van der Waals surface area contributed by atoms with Crippen LogP contribution in [0.1, 0.15) is 35.7 Å². The zero-order chi connectivity index (χ0) is 21.3. The molecular formula is C23H28N3O4+. The molecule has 3 rings (SSSR count). The quantitative estimate of drug-likeness (QED) is 0.538. The van der Waals surface area contributed by atoms with Gasteiger partial charge in [-0.05, 0) is 56.3 Å². The van der Waals surface area contributed by atoms with Crippen LogP contribution in [0.5, 0.6) is 0 Å². The van der Waals surface area contributed by atoms with Crippen LogP contribution in [0.25, 0.3) is 0 Å². The number of hydrogen-bond acceptors (Lipinski definition) is 4. The largest absolute Gasteiger partial charge is 0.463 e. The number of carbonyl (C=O) groups is 2. The number of benzene rings is 1. The van der Waals surface area contributed by atoms with Gasteiger partial charge in [-0.2, -0.15) is 0 Å². The molecule has 0 radical (unpaired) electrons. The lowest BCUT2D eigenvalue weighted by molar-refractivity contribution is -0.921. The van der Waals surface area contributed by atoms with E-state index in [0.29, 0.717) is 37.4 Å². The van der Waals surface area contributed by atoms with Crippen LogP contribution in [0.4, 0.5) is 5.69 Å². The van der Waals surface area contributed by atoms with Crippen LogP contribution in [-0.2, 0) is 17.9 Å². The van der Waals surface area contributed by atoms with Crippen molar-refractivity contribution in [1.82, 2.24) is 4.90 Å². The fourth-order valence-electron chi connectivity index (χ4n) is 3.36. The highest BCUT2D eigenvalue weighted by atomic mass is 16.3. The molecule has 158 valence electrons. The SMILES string of the molecule is CCN(CC)C(=O)c1cccc(NC(=O)C[NH+](Cc2ccco2)Cc2ccco2)c1. The van der Waals surface area contributed by atoms with E-state index in [0.717, 1.165) is 16.4 Å². The first-order valence-electron chi connectivity index (χ1n) is 10.2. The van der Waals surface area contributed by atoms with E-state index < -0.39 is 0 Å². The Morgan fingerprint density at radius 3 is 2.10 bits per heavy atom. The third-order valence-electron chi connectivity index (χ3n) is 4.86. The molecule has 0 spiro atoms. The maximum absolute atomic E-state index is 12.7. The maximum Gasteiger partial charge on any atom is 0.279 e. The first-order valence-corrected chi connectivity index (χ1v) is 10.2. The van der Waals surface area contributed by atoms with Gasteiger partial charge in [0.2, 0.25) is 0 Å². The van der Waals surface area contributed by atoms with Crippen molar-refractivity contribution in [3.05, 3.63) is 78.1 Å². The van der Waals surface area contributed by atoms with E-state index >= 15 is 0 Å². The van der Waals surface area contributed by atoms with E-state index in [-0.39, 0.29) is 18.4 Å². The zero-order valence-corrected chi connectivity index (χ0v) is 17.4. The lowest BCUT2D eigenvalue weighted by Crippen LogP contribution is -3.10. The molecule has 2 amide bonds. The van der Waals surface area contributed by atoms with Crippen molar-refractivity contribution >= 4 is 17.5 Å². The Hall–Kier alpha value is -3.32. The lowest BCUT2D eigenvalue weighted by atomic mass is 10.1. The number of furan rings is 2. The smallest absolute Gasteiger partial charge is 0.279 e. The molecule has 2 heterocycles. The Kier molecular flexibility index (Phi) is 7.45. The zero-order valence-electron chi connectivity index (χ0n) is 17.4. The number of rotatable bonds is 10. The predicted molar refractivity (Wildman–Crippen MR) is 113 cm³/mol. The summed E-state index contributed by atoms with van der Waals surface area (Å²) in [5, 5.41) is 2.91. The van der Waals surface area contributed by atoms with Crippen molar-refractivity contribution in [1.29, 1.82) is 0 Å². The molecule has 0 saturated carbocycles. The second-order valence-electron chi connectivity index (χ2n) is 7.05. The van der Waals surface area contributed by atoms with Crippen molar-refractivity contribution in [2.24, 2.45) is 0 Å². The summed E-state index contributed by atoms with van der Waals surface area (Å²) in [6.45, 7) is 6.53. The molecule has 7 nitrogen and oxygen atoms in total. The van der Waals surface area contributed by atoms with Crippen molar-refractivity contribution in [3.63, 3.8) is 0 Å². The Balaban J connectivity index is 1.66. The first kappa shape index (κ1) is 21.4. The first-order chi connectivity index (χ1) is 14.6. The van der Waals surface area contributed by atoms with Crippen molar-refractivity contribution < 1.29 is 23.3 Å². The summed E-state index contributed by atoms with van der Waals surface area (Å²) in [6.07, 6.45) is 3.25. The summed E-state index contributed by atoms with van der Waals surface area (Å²) < 4.78 is 10.9. The summed E-state index contributed by atoms with van der Waals surface area (Å²) in [6, 6.07) is 14.5. The molecule has 0 aliphatic heterocycles. The summed E-state index contributed by atoms with van der Waals surface area (Å²) in [5.74, 6) is 1.42. The molecule has 1 aromatic carbocycles. The number of carbonyl (C=O) groups excluding carboxylic acids is 2. The van der Waals surface area contributed by atoms with Gasteiger partial charge in [-0.15, -0.1) is 0 Å². The molecule has 0 atom stereocenters. The van der Waals surface area contributed by atoms with Gasteiger partial charge < -0.3 is 24.0 Å². The van der Waals surface area contributed by atoms with Crippen LogP contribution in [0.2, 0.25) is 0 Å². The molecule has 0 bridgehead atoms. The van der Waals surface area contributed by atoms with Gasteiger partial charge in [-0.25, -0.2) is 0 Å². The van der Waals surface area contributed by atoms with E-state index in [1.807, 2.05) is 38.1 Å². The third-order valence-corrected chi connectivity index (χ3v) is 4.86. The standard InChI is InChI=1S/C23H27N3O4/c1-3-26(4-2)23(28)18-8-5-9-19(14-18)24-22(27)17-25(15-20-10-6-12-29-20)16-21-11-7-13-30-21/h5-14H,3-4,15-17H2,1-2H3,(H,24,27)/p+1. The molecule has 0 aliphatic carbocycles. The van der Waals surface area contributed by atoms with Gasteiger partial charge in [-0.3, -0.25) is 9.59 Å². The fourth-order valence-corrected chi connectivity index (χ4v) is 3.36. The van der Waals surface area contributed by atoms with Gasteiger partial charge in [0.1, 0.15) is 13.1 Å².